The molecule has 0 radical (unpaired) electrons. The summed E-state index contributed by atoms with van der Waals surface area (Å²) in [6.45, 7) is -0.468. The molecule has 0 aliphatic heterocycles. The normalized spacial score (nSPS) is 11.0. The molecule has 1 aromatic carbocycles. The number of fused-ring (bicyclic) bond motifs is 1. The number of non-ortho nitro benzene ring substituents is 1. The van der Waals surface area contributed by atoms with E-state index < -0.39 is 28.7 Å². The quantitative estimate of drug-likeness (QED) is 0.540. The molecule has 0 bridgehead atoms. The predicted octanol–water partition coefficient (Wildman–Crippen LogP) is 0.698. The molecule has 134 valence electrons. The van der Waals surface area contributed by atoms with Crippen LogP contribution in [0, 0.1) is 10.1 Å². The van der Waals surface area contributed by atoms with E-state index in [1.54, 1.807) is 6.07 Å². The maximum Gasteiger partial charge on any atom is 0.330 e. The number of carboxylic acid groups (broad SMARTS) is 1. The van der Waals surface area contributed by atoms with Crippen molar-refractivity contribution in [2.45, 2.75) is 6.54 Å². The second kappa shape index (κ2) is 5.99. The molecule has 0 atom stereocenters. The van der Waals surface area contributed by atoms with Gasteiger partial charge in [-0.1, -0.05) is 12.1 Å². The molecule has 10 heteroatoms. The first-order valence-electron chi connectivity index (χ1n) is 7.48. The van der Waals surface area contributed by atoms with Crippen molar-refractivity contribution in [3.63, 3.8) is 0 Å². The Morgan fingerprint density at radius 1 is 1.23 bits per heavy atom. The zero-order chi connectivity index (χ0) is 19.2. The topological polar surface area (TPSA) is 129 Å². The maximum atomic E-state index is 12.7. The SMILES string of the molecule is Cn1c(=O)c2c(-c3cccc([N+](=O)[O-])c3)n(CC(=O)O)cc2n(C)c1=O. The molecule has 2 heterocycles. The van der Waals surface area contributed by atoms with Gasteiger partial charge in [-0.3, -0.25) is 28.8 Å². The molecular formula is C16H14N4O6. The Balaban J connectivity index is 2.48. The molecule has 3 aromatic rings. The van der Waals surface area contributed by atoms with Gasteiger partial charge in [0.1, 0.15) is 6.54 Å². The zero-order valence-corrected chi connectivity index (χ0v) is 13.9. The van der Waals surface area contributed by atoms with Crippen molar-refractivity contribution in [1.82, 2.24) is 13.7 Å². The van der Waals surface area contributed by atoms with Crippen molar-refractivity contribution in [3.05, 3.63) is 61.4 Å². The Morgan fingerprint density at radius 2 is 1.92 bits per heavy atom. The molecule has 1 N–H and O–H groups in total. The van der Waals surface area contributed by atoms with Crippen molar-refractivity contribution in [1.29, 1.82) is 0 Å². The number of benzene rings is 1. The van der Waals surface area contributed by atoms with Crippen LogP contribution in [0.4, 0.5) is 5.69 Å². The largest absolute Gasteiger partial charge is 0.480 e. The highest BCUT2D eigenvalue weighted by Gasteiger charge is 2.21. The van der Waals surface area contributed by atoms with Gasteiger partial charge in [-0.15, -0.1) is 0 Å². The van der Waals surface area contributed by atoms with Crippen molar-refractivity contribution in [2.75, 3.05) is 0 Å². The van der Waals surface area contributed by atoms with E-state index in [1.165, 1.54) is 47.6 Å². The summed E-state index contributed by atoms with van der Waals surface area (Å²) in [5.41, 5.74) is -0.580. The van der Waals surface area contributed by atoms with Crippen LogP contribution >= 0.6 is 0 Å². The molecule has 26 heavy (non-hydrogen) atoms. The third kappa shape index (κ3) is 2.57. The lowest BCUT2D eigenvalue weighted by Gasteiger charge is -2.08. The lowest BCUT2D eigenvalue weighted by molar-refractivity contribution is -0.384. The zero-order valence-electron chi connectivity index (χ0n) is 13.9. The molecule has 0 aliphatic carbocycles. The maximum absolute atomic E-state index is 12.7. The Kier molecular flexibility index (Phi) is 3.95. The average Bonchev–Trinajstić information content (AvgIpc) is 2.96. The highest BCUT2D eigenvalue weighted by atomic mass is 16.6. The van der Waals surface area contributed by atoms with Gasteiger partial charge >= 0.3 is 11.7 Å². The number of carbonyl (C=O) groups is 1. The van der Waals surface area contributed by atoms with Gasteiger partial charge in [0.2, 0.25) is 0 Å². The summed E-state index contributed by atoms with van der Waals surface area (Å²) in [5.74, 6) is -1.15. The first-order valence-corrected chi connectivity index (χ1v) is 7.48. The molecule has 0 fully saturated rings. The van der Waals surface area contributed by atoms with Gasteiger partial charge in [0.25, 0.3) is 11.2 Å². The summed E-state index contributed by atoms with van der Waals surface area (Å²) >= 11 is 0. The smallest absolute Gasteiger partial charge is 0.330 e. The minimum Gasteiger partial charge on any atom is -0.480 e. The van der Waals surface area contributed by atoms with Crippen LogP contribution in [0.5, 0.6) is 0 Å². The van der Waals surface area contributed by atoms with Gasteiger partial charge in [0, 0.05) is 38.0 Å². The van der Waals surface area contributed by atoms with Crippen LogP contribution in [0.15, 0.2) is 40.1 Å². The number of hydrogen-bond donors (Lipinski definition) is 1. The number of carboxylic acids is 1. The standard InChI is InChI=1S/C16H14N4O6/c1-17-11-7-19(8-12(21)22)14(13(11)15(23)18(2)16(17)24)9-4-3-5-10(6-9)20(25)26/h3-7H,8H2,1-2H3,(H,21,22). The van der Waals surface area contributed by atoms with E-state index in [4.69, 9.17) is 0 Å². The Hall–Kier alpha value is -3.69. The van der Waals surface area contributed by atoms with Gasteiger partial charge in [0.15, 0.2) is 0 Å². The molecule has 0 saturated heterocycles. The molecular weight excluding hydrogens is 344 g/mol. The second-order valence-corrected chi connectivity index (χ2v) is 5.77. The fraction of sp³-hybridized carbons (Fsp3) is 0.188. The van der Waals surface area contributed by atoms with E-state index in [-0.39, 0.29) is 22.3 Å². The third-order valence-electron chi connectivity index (χ3n) is 4.15. The molecule has 2 aromatic heterocycles. The number of hydrogen-bond acceptors (Lipinski definition) is 5. The van der Waals surface area contributed by atoms with Crippen molar-refractivity contribution in [2.24, 2.45) is 14.1 Å². The minimum atomic E-state index is -1.15. The van der Waals surface area contributed by atoms with E-state index in [9.17, 15) is 29.6 Å². The molecule has 0 aliphatic rings. The number of nitrogens with zero attached hydrogens (tertiary/aromatic N) is 4. The lowest BCUT2D eigenvalue weighted by Crippen LogP contribution is -2.36. The van der Waals surface area contributed by atoms with E-state index in [0.717, 1.165) is 4.57 Å². The molecule has 0 spiro atoms. The number of nitro benzene ring substituents is 1. The lowest BCUT2D eigenvalue weighted by atomic mass is 10.1. The summed E-state index contributed by atoms with van der Waals surface area (Å²) in [7, 11) is 2.78. The fourth-order valence-corrected chi connectivity index (χ4v) is 2.94. The number of aryl methyl sites for hydroxylation is 1. The van der Waals surface area contributed by atoms with Crippen LogP contribution in [-0.4, -0.2) is 29.7 Å². The predicted molar refractivity (Wildman–Crippen MR) is 92.1 cm³/mol. The summed E-state index contributed by atoms with van der Waals surface area (Å²) < 4.78 is 3.44. The van der Waals surface area contributed by atoms with E-state index in [2.05, 4.69) is 0 Å². The van der Waals surface area contributed by atoms with Crippen LogP contribution in [0.25, 0.3) is 22.2 Å². The molecule has 0 saturated carbocycles. The number of aliphatic carboxylic acids is 1. The molecule has 0 unspecified atom stereocenters. The van der Waals surface area contributed by atoms with Crippen LogP contribution in [0.3, 0.4) is 0 Å². The van der Waals surface area contributed by atoms with Gasteiger partial charge in [-0.2, -0.15) is 0 Å². The van der Waals surface area contributed by atoms with Gasteiger partial charge in [0.05, 0.1) is 21.5 Å². The van der Waals surface area contributed by atoms with Gasteiger partial charge in [-0.05, 0) is 0 Å². The van der Waals surface area contributed by atoms with Crippen molar-refractivity contribution in [3.8, 4) is 11.3 Å². The summed E-state index contributed by atoms with van der Waals surface area (Å²) in [4.78, 5) is 46.5. The van der Waals surface area contributed by atoms with Crippen LogP contribution < -0.4 is 11.2 Å². The highest BCUT2D eigenvalue weighted by molar-refractivity contribution is 5.94. The number of aromatic nitrogens is 3. The van der Waals surface area contributed by atoms with E-state index in [1.807, 2.05) is 0 Å². The molecule has 3 rings (SSSR count). The monoisotopic (exact) mass is 358 g/mol. The van der Waals surface area contributed by atoms with E-state index in [0.29, 0.717) is 5.56 Å². The third-order valence-corrected chi connectivity index (χ3v) is 4.15. The first-order chi connectivity index (χ1) is 12.2. The first kappa shape index (κ1) is 17.1. The summed E-state index contributed by atoms with van der Waals surface area (Å²) in [6, 6.07) is 5.55. The Bertz CT molecular complexity index is 1180. The van der Waals surface area contributed by atoms with Crippen LogP contribution in [0.1, 0.15) is 0 Å². The molecule has 0 amide bonds. The van der Waals surface area contributed by atoms with Crippen LogP contribution in [0.2, 0.25) is 0 Å². The molecule has 10 nitrogen and oxygen atoms in total. The van der Waals surface area contributed by atoms with Gasteiger partial charge < -0.3 is 9.67 Å². The van der Waals surface area contributed by atoms with Crippen molar-refractivity contribution < 1.29 is 14.8 Å². The number of rotatable bonds is 4. The van der Waals surface area contributed by atoms with Crippen molar-refractivity contribution >= 4 is 22.6 Å². The fourth-order valence-electron chi connectivity index (χ4n) is 2.94. The summed E-state index contributed by atoms with van der Waals surface area (Å²) in [5, 5.41) is 20.4. The highest BCUT2D eigenvalue weighted by Crippen LogP contribution is 2.30. The average molecular weight is 358 g/mol. The Morgan fingerprint density at radius 3 is 2.54 bits per heavy atom. The number of nitro groups is 1. The summed E-state index contributed by atoms with van der Waals surface area (Å²) in [6.07, 6.45) is 1.39. The second-order valence-electron chi connectivity index (χ2n) is 5.77. The Labute approximate surface area is 145 Å². The van der Waals surface area contributed by atoms with Crippen LogP contribution in [-0.2, 0) is 25.4 Å². The minimum absolute atomic E-state index is 0.122. The van der Waals surface area contributed by atoms with E-state index >= 15 is 0 Å². The van der Waals surface area contributed by atoms with Gasteiger partial charge in [-0.25, -0.2) is 4.79 Å².